The van der Waals surface area contributed by atoms with Crippen LogP contribution in [0.25, 0.3) is 0 Å². The number of likely N-dealkylation sites (N-methyl/N-ethyl adjacent to an activating group) is 1. The summed E-state index contributed by atoms with van der Waals surface area (Å²) in [6.45, 7) is 5.93. The molecule has 0 saturated heterocycles. The van der Waals surface area contributed by atoms with Crippen LogP contribution in [-0.2, 0) is 32.7 Å². The van der Waals surface area contributed by atoms with E-state index in [9.17, 15) is 19.0 Å². The van der Waals surface area contributed by atoms with Crippen LogP contribution in [0, 0.1) is 0 Å². The van der Waals surface area contributed by atoms with Crippen LogP contribution in [0.15, 0.2) is 24.8 Å². The summed E-state index contributed by atoms with van der Waals surface area (Å²) in [5, 5.41) is 0. The molecule has 0 radical (unpaired) electrons. The summed E-state index contributed by atoms with van der Waals surface area (Å²) in [5.74, 6) is -0.822. The zero-order chi connectivity index (χ0) is 40.0. The summed E-state index contributed by atoms with van der Waals surface area (Å²) in [6, 6.07) is 0. The highest BCUT2D eigenvalue weighted by atomic mass is 31.2. The topological polar surface area (TPSA) is 108 Å². The number of carbonyl (C=O) groups is 2. The Labute approximate surface area is 332 Å². The molecule has 0 saturated carbocycles. The predicted molar refractivity (Wildman–Crippen MR) is 224 cm³/mol. The predicted octanol–water partition coefficient (Wildman–Crippen LogP) is 12.4. The van der Waals surface area contributed by atoms with Crippen LogP contribution in [0.4, 0.5) is 0 Å². The Kier molecular flexibility index (Phi) is 36.1. The van der Waals surface area contributed by atoms with Gasteiger partial charge in [-0.3, -0.25) is 18.6 Å². The van der Waals surface area contributed by atoms with Gasteiger partial charge in [-0.25, -0.2) is 4.57 Å². The van der Waals surface area contributed by atoms with E-state index in [2.05, 4.69) is 25.7 Å². The normalized spacial score (nSPS) is 13.6. The lowest BCUT2D eigenvalue weighted by Gasteiger charge is -2.24. The fourth-order valence-electron chi connectivity index (χ4n) is 6.11. The second-order valence-corrected chi connectivity index (χ2v) is 17.6. The number of nitrogens with zero attached hydrogens (tertiary/aromatic N) is 1. The van der Waals surface area contributed by atoms with E-state index >= 15 is 0 Å². The van der Waals surface area contributed by atoms with Gasteiger partial charge in [-0.1, -0.05) is 147 Å². The van der Waals surface area contributed by atoms with Crippen molar-refractivity contribution in [1.82, 2.24) is 0 Å². The number of unbranched alkanes of at least 4 members (excludes halogenated alkanes) is 24. The zero-order valence-electron chi connectivity index (χ0n) is 35.6. The molecule has 318 valence electrons. The van der Waals surface area contributed by atoms with E-state index in [1.165, 1.54) is 122 Å². The van der Waals surface area contributed by atoms with Gasteiger partial charge in [0, 0.05) is 12.8 Å². The number of ether oxygens (including phenoxy) is 2. The molecule has 0 aliphatic heterocycles. The smallest absolute Gasteiger partial charge is 0.462 e. The number of carbonyl (C=O) groups excluding carboxylic acids is 2. The molecular formula is C44H85NO8P+. The number of rotatable bonds is 41. The maximum absolute atomic E-state index is 12.7. The van der Waals surface area contributed by atoms with Crippen molar-refractivity contribution in [2.45, 2.75) is 199 Å². The lowest BCUT2D eigenvalue weighted by molar-refractivity contribution is -0.870. The van der Waals surface area contributed by atoms with Crippen molar-refractivity contribution in [1.29, 1.82) is 0 Å². The molecule has 0 aromatic carbocycles. The highest BCUT2D eigenvalue weighted by Crippen LogP contribution is 2.43. The van der Waals surface area contributed by atoms with Gasteiger partial charge in [0.15, 0.2) is 6.10 Å². The summed E-state index contributed by atoms with van der Waals surface area (Å²) in [7, 11) is 1.47. The van der Waals surface area contributed by atoms with Crippen LogP contribution in [-0.4, -0.2) is 74.9 Å². The Morgan fingerprint density at radius 2 is 1.04 bits per heavy atom. The van der Waals surface area contributed by atoms with Gasteiger partial charge in [-0.2, -0.15) is 0 Å². The summed E-state index contributed by atoms with van der Waals surface area (Å²) in [4.78, 5) is 35.3. The maximum atomic E-state index is 12.7. The number of phosphoric acid groups is 1. The monoisotopic (exact) mass is 787 g/mol. The number of allylic oxidation sites excluding steroid dienone is 3. The first-order valence-corrected chi connectivity index (χ1v) is 23.5. The first-order chi connectivity index (χ1) is 26.0. The second kappa shape index (κ2) is 37.1. The van der Waals surface area contributed by atoms with Crippen LogP contribution >= 0.6 is 7.82 Å². The molecule has 9 nitrogen and oxygen atoms in total. The van der Waals surface area contributed by atoms with Gasteiger partial charge in [0.2, 0.25) is 0 Å². The van der Waals surface area contributed by atoms with Crippen molar-refractivity contribution < 1.29 is 42.1 Å². The Bertz CT molecular complexity index is 967. The van der Waals surface area contributed by atoms with Gasteiger partial charge in [0.25, 0.3) is 0 Å². The van der Waals surface area contributed by atoms with Crippen LogP contribution in [0.5, 0.6) is 0 Å². The average molecular weight is 787 g/mol. The molecule has 1 N–H and O–H groups in total. The average Bonchev–Trinajstić information content (AvgIpc) is 3.12. The van der Waals surface area contributed by atoms with Crippen molar-refractivity contribution >= 4 is 19.8 Å². The fraction of sp³-hybridized carbons (Fsp3) is 0.864. The zero-order valence-corrected chi connectivity index (χ0v) is 36.4. The Balaban J connectivity index is 4.36. The van der Waals surface area contributed by atoms with Gasteiger partial charge in [0.05, 0.1) is 27.7 Å². The number of hydrogen-bond donors (Lipinski definition) is 1. The molecule has 0 fully saturated rings. The molecule has 0 heterocycles. The standard InChI is InChI=1S/C44H84NO8P/c1-6-8-10-12-14-16-18-20-22-24-26-28-30-32-34-36-43(46)50-40-42(41-52-54(48,49)51-39-38-45(3,4)5)53-44(47)37-35-33-31-29-27-25-23-21-19-17-15-13-11-9-7-2/h6,27,29,42H,1,7-26,28,30-41H2,2-5H3/p+1/b29-27+/t42-/m1/s1. The van der Waals surface area contributed by atoms with E-state index in [1.54, 1.807) is 0 Å². The van der Waals surface area contributed by atoms with Crippen LogP contribution in [0.3, 0.4) is 0 Å². The molecule has 1 unspecified atom stereocenters. The van der Waals surface area contributed by atoms with Gasteiger partial charge >= 0.3 is 19.8 Å². The molecule has 0 aromatic heterocycles. The summed E-state index contributed by atoms with van der Waals surface area (Å²) >= 11 is 0. The molecule has 2 atom stereocenters. The summed E-state index contributed by atoms with van der Waals surface area (Å²) in [5.41, 5.74) is 0. The quantitative estimate of drug-likeness (QED) is 0.0215. The lowest BCUT2D eigenvalue weighted by Crippen LogP contribution is -2.37. The Hall–Kier alpha value is -1.51. The van der Waals surface area contributed by atoms with E-state index in [-0.39, 0.29) is 32.0 Å². The first kappa shape index (κ1) is 52.5. The van der Waals surface area contributed by atoms with Crippen molar-refractivity contribution in [3.05, 3.63) is 24.8 Å². The van der Waals surface area contributed by atoms with Crippen molar-refractivity contribution in [3.8, 4) is 0 Å². The summed E-state index contributed by atoms with van der Waals surface area (Å²) < 4.78 is 34.3. The number of quaternary nitrogens is 1. The van der Waals surface area contributed by atoms with Crippen molar-refractivity contribution in [2.75, 3.05) is 47.5 Å². The minimum atomic E-state index is -4.38. The van der Waals surface area contributed by atoms with Crippen LogP contribution < -0.4 is 0 Å². The van der Waals surface area contributed by atoms with Gasteiger partial charge < -0.3 is 18.9 Å². The molecule has 0 amide bonds. The molecule has 0 rings (SSSR count). The van der Waals surface area contributed by atoms with E-state index in [0.717, 1.165) is 44.9 Å². The number of hydrogen-bond acceptors (Lipinski definition) is 7. The third-order valence-corrected chi connectivity index (χ3v) is 10.6. The third kappa shape index (κ3) is 40.2. The van der Waals surface area contributed by atoms with E-state index < -0.39 is 26.5 Å². The molecule has 0 aliphatic rings. The minimum Gasteiger partial charge on any atom is -0.462 e. The number of esters is 2. The highest BCUT2D eigenvalue weighted by molar-refractivity contribution is 7.47. The van der Waals surface area contributed by atoms with Gasteiger partial charge in [-0.15, -0.1) is 6.58 Å². The molecule has 0 aliphatic carbocycles. The van der Waals surface area contributed by atoms with E-state index in [1.807, 2.05) is 27.2 Å². The second-order valence-electron chi connectivity index (χ2n) is 16.2. The molecule has 54 heavy (non-hydrogen) atoms. The van der Waals surface area contributed by atoms with E-state index in [0.29, 0.717) is 17.4 Å². The Morgan fingerprint density at radius 1 is 0.611 bits per heavy atom. The number of phosphoric ester groups is 1. The van der Waals surface area contributed by atoms with E-state index in [4.69, 9.17) is 18.5 Å². The van der Waals surface area contributed by atoms with Gasteiger partial charge in [0.1, 0.15) is 19.8 Å². The lowest BCUT2D eigenvalue weighted by atomic mass is 10.0. The largest absolute Gasteiger partial charge is 0.472 e. The van der Waals surface area contributed by atoms with Gasteiger partial charge in [-0.05, 0) is 51.4 Å². The maximum Gasteiger partial charge on any atom is 0.472 e. The molecule has 10 heteroatoms. The van der Waals surface area contributed by atoms with Crippen LogP contribution in [0.2, 0.25) is 0 Å². The molecular weight excluding hydrogens is 701 g/mol. The first-order valence-electron chi connectivity index (χ1n) is 22.0. The minimum absolute atomic E-state index is 0.0291. The summed E-state index contributed by atoms with van der Waals surface area (Å²) in [6.07, 6.45) is 38.3. The van der Waals surface area contributed by atoms with Crippen molar-refractivity contribution in [3.63, 3.8) is 0 Å². The highest BCUT2D eigenvalue weighted by Gasteiger charge is 2.27. The molecule has 0 spiro atoms. The molecule has 0 aromatic rings. The Morgan fingerprint density at radius 3 is 1.54 bits per heavy atom. The third-order valence-electron chi connectivity index (χ3n) is 9.60. The SMILES string of the molecule is C=CCCCCCCCCCCCCCCCC(=O)OC[C@H](COP(=O)(O)OCC[N+](C)(C)C)OC(=O)CCCC/C=C/CCCCCCCCCCC. The fourth-order valence-corrected chi connectivity index (χ4v) is 6.85. The van der Waals surface area contributed by atoms with Crippen molar-refractivity contribution in [2.24, 2.45) is 0 Å². The van der Waals surface area contributed by atoms with Crippen LogP contribution in [0.1, 0.15) is 193 Å². The molecule has 0 bridgehead atoms.